The Bertz CT molecular complexity index is 1120. The number of aromatic nitrogens is 1. The first-order chi connectivity index (χ1) is 13.4. The Morgan fingerprint density at radius 2 is 1.64 bits per heavy atom. The number of nitrogens with zero attached hydrogens (tertiary/aromatic N) is 2. The molecule has 1 aromatic heterocycles. The molecule has 1 aliphatic rings. The number of rotatable bonds is 4. The minimum atomic E-state index is -3.93. The molecule has 0 saturated carbocycles. The molecule has 0 amide bonds. The van der Waals surface area contributed by atoms with Gasteiger partial charge in [-0.15, -0.1) is 0 Å². The van der Waals surface area contributed by atoms with Crippen LogP contribution in [-0.2, 0) is 9.84 Å². The zero-order valence-corrected chi connectivity index (χ0v) is 16.6. The highest BCUT2D eigenvalue weighted by atomic mass is 32.2. The smallest absolute Gasteiger partial charge is 0.235 e. The van der Waals surface area contributed by atoms with Crippen LogP contribution in [0.2, 0.25) is 0 Å². The van der Waals surface area contributed by atoms with E-state index in [1.807, 2.05) is 31.2 Å². The van der Waals surface area contributed by atoms with Crippen LogP contribution >= 0.6 is 0 Å². The number of anilines is 1. The number of fused-ring (bicyclic) bond motifs is 1. The number of hydrogen-bond donors (Lipinski definition) is 0. The summed E-state index contributed by atoms with van der Waals surface area (Å²) in [5, 5.41) is -0.134. The molecule has 2 heterocycles. The lowest BCUT2D eigenvalue weighted by atomic mass is 10.1. The summed E-state index contributed by atoms with van der Waals surface area (Å²) in [5.41, 5.74) is 1.80. The van der Waals surface area contributed by atoms with Gasteiger partial charge in [-0.25, -0.2) is 8.42 Å². The normalized spacial score (nSPS) is 13.4. The predicted molar refractivity (Wildman–Crippen MR) is 104 cm³/mol. The van der Waals surface area contributed by atoms with Gasteiger partial charge < -0.3 is 18.8 Å². The van der Waals surface area contributed by atoms with Gasteiger partial charge in [-0.3, -0.25) is 0 Å². The molecule has 146 valence electrons. The predicted octanol–water partition coefficient (Wildman–Crippen LogP) is 3.32. The molecule has 0 aliphatic carbocycles. The van der Waals surface area contributed by atoms with E-state index >= 15 is 0 Å². The van der Waals surface area contributed by atoms with Gasteiger partial charge in [0.2, 0.25) is 26.6 Å². The van der Waals surface area contributed by atoms with Gasteiger partial charge in [-0.05, 0) is 31.2 Å². The summed E-state index contributed by atoms with van der Waals surface area (Å²) in [6, 6.07) is 12.1. The van der Waals surface area contributed by atoms with E-state index in [4.69, 9.17) is 13.9 Å². The summed E-state index contributed by atoms with van der Waals surface area (Å²) in [6.45, 7) is 2.79. The fourth-order valence-corrected chi connectivity index (χ4v) is 4.27. The van der Waals surface area contributed by atoms with E-state index in [2.05, 4.69) is 4.98 Å². The summed E-state index contributed by atoms with van der Waals surface area (Å²) in [7, 11) is -0.504. The maximum Gasteiger partial charge on any atom is 0.235 e. The van der Waals surface area contributed by atoms with Gasteiger partial charge in [-0.1, -0.05) is 17.7 Å². The van der Waals surface area contributed by atoms with Crippen LogP contribution in [-0.4, -0.2) is 40.7 Å². The molecule has 0 unspecified atom stereocenters. The number of ether oxygens (including phenoxy) is 2. The average Bonchev–Trinajstić information content (AvgIpc) is 3.15. The first kappa shape index (κ1) is 18.4. The molecule has 2 aromatic carbocycles. The Morgan fingerprint density at radius 1 is 0.964 bits per heavy atom. The highest BCUT2D eigenvalue weighted by Crippen LogP contribution is 2.37. The number of benzene rings is 2. The Morgan fingerprint density at radius 3 is 2.32 bits per heavy atom. The number of aryl methyl sites for hydroxylation is 1. The molecule has 0 saturated heterocycles. The third-order valence-corrected chi connectivity index (χ3v) is 6.01. The highest BCUT2D eigenvalue weighted by molar-refractivity contribution is 7.91. The van der Waals surface area contributed by atoms with Crippen molar-refractivity contribution in [1.29, 1.82) is 0 Å². The Labute approximate surface area is 163 Å². The quantitative estimate of drug-likeness (QED) is 0.664. The van der Waals surface area contributed by atoms with Crippen molar-refractivity contribution in [2.24, 2.45) is 0 Å². The van der Waals surface area contributed by atoms with E-state index in [-0.39, 0.29) is 21.7 Å². The summed E-state index contributed by atoms with van der Waals surface area (Å²) in [4.78, 5) is 5.99. The molecule has 8 heteroatoms. The van der Waals surface area contributed by atoms with Gasteiger partial charge in [-0.2, -0.15) is 4.98 Å². The van der Waals surface area contributed by atoms with Crippen LogP contribution in [0.15, 0.2) is 56.8 Å². The Hall–Kier alpha value is -3.00. The molecule has 0 N–H and O–H groups in total. The third-order valence-electron chi connectivity index (χ3n) is 4.36. The van der Waals surface area contributed by atoms with Crippen LogP contribution in [0.5, 0.6) is 11.5 Å². The largest absolute Gasteiger partial charge is 0.486 e. The lowest BCUT2D eigenvalue weighted by Crippen LogP contribution is -2.16. The molecule has 7 nitrogen and oxygen atoms in total. The molecule has 28 heavy (non-hydrogen) atoms. The van der Waals surface area contributed by atoms with E-state index in [1.54, 1.807) is 25.1 Å². The molecule has 0 radical (unpaired) electrons. The molecular formula is C20H20N2O5S. The van der Waals surface area contributed by atoms with Crippen molar-refractivity contribution in [2.45, 2.75) is 16.8 Å². The maximum atomic E-state index is 13.3. The minimum Gasteiger partial charge on any atom is -0.486 e. The van der Waals surface area contributed by atoms with E-state index in [1.165, 1.54) is 12.1 Å². The zero-order valence-electron chi connectivity index (χ0n) is 15.8. The zero-order chi connectivity index (χ0) is 19.9. The maximum absolute atomic E-state index is 13.3. The number of sulfone groups is 1. The highest BCUT2D eigenvalue weighted by Gasteiger charge is 2.30. The van der Waals surface area contributed by atoms with Gasteiger partial charge in [0.05, 0.1) is 4.90 Å². The monoisotopic (exact) mass is 400 g/mol. The van der Waals surface area contributed by atoms with Gasteiger partial charge in [0, 0.05) is 25.7 Å². The molecular weight excluding hydrogens is 380 g/mol. The third kappa shape index (κ3) is 3.20. The molecule has 0 bridgehead atoms. The van der Waals surface area contributed by atoms with Crippen molar-refractivity contribution >= 4 is 15.7 Å². The lowest BCUT2D eigenvalue weighted by Gasteiger charge is -2.18. The van der Waals surface area contributed by atoms with Crippen molar-refractivity contribution in [3.63, 3.8) is 0 Å². The second-order valence-corrected chi connectivity index (χ2v) is 8.56. The topological polar surface area (TPSA) is 81.9 Å². The lowest BCUT2D eigenvalue weighted by molar-refractivity contribution is 0.171. The van der Waals surface area contributed by atoms with Crippen LogP contribution in [0.3, 0.4) is 0 Å². The second kappa shape index (κ2) is 6.87. The fraction of sp³-hybridized carbons (Fsp3) is 0.250. The number of oxazole rings is 1. The average molecular weight is 400 g/mol. The second-order valence-electron chi connectivity index (χ2n) is 6.70. The molecule has 3 aromatic rings. The molecule has 0 spiro atoms. The fourth-order valence-electron chi connectivity index (χ4n) is 2.88. The summed E-state index contributed by atoms with van der Waals surface area (Å²) in [6.07, 6.45) is 0. The molecule has 1 aliphatic heterocycles. The number of hydrogen-bond acceptors (Lipinski definition) is 7. The minimum absolute atomic E-state index is 0.0728. The first-order valence-corrected chi connectivity index (χ1v) is 10.2. The van der Waals surface area contributed by atoms with E-state index in [0.29, 0.717) is 30.3 Å². The first-order valence-electron chi connectivity index (χ1n) is 8.76. The SMILES string of the molecule is Cc1ccc(-c2nc(S(=O)(=O)c3ccc4c(c3)OCCO4)c(N(C)C)o2)cc1. The van der Waals surface area contributed by atoms with Crippen molar-refractivity contribution in [3.8, 4) is 23.0 Å². The van der Waals surface area contributed by atoms with Crippen LogP contribution in [0, 0.1) is 6.92 Å². The van der Waals surface area contributed by atoms with Gasteiger partial charge in [0.15, 0.2) is 11.5 Å². The van der Waals surface area contributed by atoms with Crippen molar-refractivity contribution in [3.05, 3.63) is 48.0 Å². The van der Waals surface area contributed by atoms with Crippen molar-refractivity contribution in [1.82, 2.24) is 4.98 Å². The summed E-state index contributed by atoms with van der Waals surface area (Å²) >= 11 is 0. The van der Waals surface area contributed by atoms with E-state index < -0.39 is 9.84 Å². The molecule has 4 rings (SSSR count). The Balaban J connectivity index is 1.81. The van der Waals surface area contributed by atoms with Gasteiger partial charge in [0.1, 0.15) is 13.2 Å². The van der Waals surface area contributed by atoms with Crippen molar-refractivity contribution in [2.75, 3.05) is 32.2 Å². The standard InChI is InChI=1S/C20H20N2O5S/c1-13-4-6-14(7-5-13)18-21-19(20(27-18)22(2)3)28(23,24)15-8-9-16-17(12-15)26-11-10-25-16/h4-9,12H,10-11H2,1-3H3. The van der Waals surface area contributed by atoms with E-state index in [0.717, 1.165) is 5.56 Å². The van der Waals surface area contributed by atoms with Crippen LogP contribution < -0.4 is 14.4 Å². The molecule has 0 fully saturated rings. The van der Waals surface area contributed by atoms with Crippen LogP contribution in [0.1, 0.15) is 5.56 Å². The van der Waals surface area contributed by atoms with Gasteiger partial charge in [0.25, 0.3) is 0 Å². The van der Waals surface area contributed by atoms with Crippen LogP contribution in [0.25, 0.3) is 11.5 Å². The summed E-state index contributed by atoms with van der Waals surface area (Å²) < 4.78 is 43.4. The van der Waals surface area contributed by atoms with Crippen molar-refractivity contribution < 1.29 is 22.3 Å². The molecule has 0 atom stereocenters. The summed E-state index contributed by atoms with van der Waals surface area (Å²) in [5.74, 6) is 1.35. The van der Waals surface area contributed by atoms with E-state index in [9.17, 15) is 8.42 Å². The van der Waals surface area contributed by atoms with Crippen LogP contribution in [0.4, 0.5) is 5.88 Å². The van der Waals surface area contributed by atoms with Gasteiger partial charge >= 0.3 is 0 Å². The Kier molecular flexibility index (Phi) is 4.50.